The number of ketones is 1. The number of Topliss-reactive ketones (excluding diaryl/α,β-unsaturated/α-hetero) is 1. The van der Waals surface area contributed by atoms with Crippen LogP contribution >= 0.6 is 23.2 Å². The summed E-state index contributed by atoms with van der Waals surface area (Å²) in [5.41, 5.74) is 7.53. The van der Waals surface area contributed by atoms with Crippen LogP contribution in [0.15, 0.2) is 72.8 Å². The highest BCUT2D eigenvalue weighted by molar-refractivity contribution is 6.32. The molecule has 2 aromatic heterocycles. The number of rotatable bonds is 14. The average Bonchev–Trinajstić information content (AvgIpc) is 4.07. The summed E-state index contributed by atoms with van der Waals surface area (Å²) in [6.45, 7) is 16.8. The first-order chi connectivity index (χ1) is 33.0. The van der Waals surface area contributed by atoms with E-state index in [-0.39, 0.29) is 5.78 Å². The fraction of sp³-hybridized carbons (Fsp3) is 0.436. The Morgan fingerprint density at radius 3 is 1.31 bits per heavy atom. The molecule has 8 rings (SSSR count). The highest BCUT2D eigenvalue weighted by Crippen LogP contribution is 2.46. The van der Waals surface area contributed by atoms with Crippen LogP contribution in [0.2, 0.25) is 10.0 Å². The molecule has 2 aliphatic rings. The Labute approximate surface area is 422 Å². The number of hydrogen-bond donors (Lipinski definition) is 2. The molecule has 13 nitrogen and oxygen atoms in total. The summed E-state index contributed by atoms with van der Waals surface area (Å²) in [6.07, 6.45) is -1.05. The van der Waals surface area contributed by atoms with E-state index in [1.807, 2.05) is 90.1 Å². The first-order valence-corrected chi connectivity index (χ1v) is 24.8. The Morgan fingerprint density at radius 2 is 0.957 bits per heavy atom. The first-order valence-electron chi connectivity index (χ1n) is 24.0. The molecule has 2 unspecified atom stereocenters. The van der Waals surface area contributed by atoms with Crippen molar-refractivity contribution < 1.29 is 23.9 Å². The van der Waals surface area contributed by atoms with E-state index in [0.717, 1.165) is 72.3 Å². The topological polar surface area (TPSA) is 117 Å². The molecule has 4 heterocycles. The van der Waals surface area contributed by atoms with E-state index in [0.29, 0.717) is 67.8 Å². The van der Waals surface area contributed by atoms with Crippen molar-refractivity contribution in [2.45, 2.75) is 91.0 Å². The molecule has 0 aliphatic carbocycles. The number of nitrogens with one attached hydrogen (secondary N) is 2. The normalized spacial score (nSPS) is 16.1. The van der Waals surface area contributed by atoms with E-state index in [9.17, 15) is 9.59 Å². The molecular formula is C55H68Cl2N8O5. The van der Waals surface area contributed by atoms with Gasteiger partial charge in [-0.2, -0.15) is 0 Å². The fourth-order valence-corrected chi connectivity index (χ4v) is 10.1. The molecule has 6 aromatic rings. The van der Waals surface area contributed by atoms with Crippen molar-refractivity contribution in [2.75, 3.05) is 68.5 Å². The van der Waals surface area contributed by atoms with Crippen LogP contribution in [0.5, 0.6) is 0 Å². The summed E-state index contributed by atoms with van der Waals surface area (Å²) < 4.78 is 15.4. The maximum atomic E-state index is 15.6. The number of hydrogen-bond acceptors (Lipinski definition) is 11. The predicted octanol–water partition coefficient (Wildman–Crippen LogP) is 10.3. The number of fused-ring (bicyclic) bond motifs is 4. The van der Waals surface area contributed by atoms with Crippen LogP contribution in [0.3, 0.4) is 0 Å². The molecule has 0 radical (unpaired) electrons. The maximum absolute atomic E-state index is 15.6. The van der Waals surface area contributed by atoms with Crippen molar-refractivity contribution in [3.63, 3.8) is 0 Å². The molecular weight excluding hydrogens is 924 g/mol. The SMILES string of the molecule is CN(C)CCN(C)Cc1ccc2c(c1)cc(-c1ccc(Cl)c3c1C(C(=O)C1NCc4c(Cl)ccc(-c5cc6cc(CN(C)CCN(C)C)ccc6n5C(=O)OC(C)(C)C)c41)NC3)n2C(=O)OC(C)(C)C. The zero-order chi connectivity index (χ0) is 50.6. The molecule has 0 amide bonds. The van der Waals surface area contributed by atoms with E-state index in [4.69, 9.17) is 32.7 Å². The number of nitrogens with zero attached hydrogens (tertiary/aromatic N) is 6. The summed E-state index contributed by atoms with van der Waals surface area (Å²) in [4.78, 5) is 53.2. The number of halogens is 2. The van der Waals surface area contributed by atoms with Gasteiger partial charge in [0.05, 0.1) is 34.5 Å². The Kier molecular flexibility index (Phi) is 14.8. The van der Waals surface area contributed by atoms with Gasteiger partial charge in [0.2, 0.25) is 0 Å². The molecule has 0 bridgehead atoms. The second-order valence-corrected chi connectivity index (χ2v) is 22.4. The lowest BCUT2D eigenvalue weighted by molar-refractivity contribution is -0.123. The van der Waals surface area contributed by atoms with Crippen LogP contribution in [0.25, 0.3) is 44.3 Å². The third-order valence-corrected chi connectivity index (χ3v) is 13.6. The van der Waals surface area contributed by atoms with Crippen molar-refractivity contribution in [3.8, 4) is 22.5 Å². The molecule has 15 heteroatoms. The lowest BCUT2D eigenvalue weighted by Gasteiger charge is -2.24. The minimum Gasteiger partial charge on any atom is -0.443 e. The number of ether oxygens (including phenoxy) is 2. The van der Waals surface area contributed by atoms with Gasteiger partial charge >= 0.3 is 12.2 Å². The van der Waals surface area contributed by atoms with Crippen LogP contribution in [0.1, 0.15) is 87.0 Å². The second-order valence-electron chi connectivity index (χ2n) is 21.6. The summed E-state index contributed by atoms with van der Waals surface area (Å²) in [5, 5.41) is 9.78. The predicted molar refractivity (Wildman–Crippen MR) is 282 cm³/mol. The van der Waals surface area contributed by atoms with Crippen LogP contribution in [-0.4, -0.2) is 126 Å². The van der Waals surface area contributed by atoms with E-state index in [1.54, 1.807) is 9.13 Å². The van der Waals surface area contributed by atoms with Crippen LogP contribution in [0.4, 0.5) is 9.59 Å². The quantitative estimate of drug-likeness (QED) is 0.109. The van der Waals surface area contributed by atoms with Gasteiger partial charge in [0, 0.05) is 84.3 Å². The zero-order valence-corrected chi connectivity index (χ0v) is 44.2. The molecule has 4 aromatic carbocycles. The Morgan fingerprint density at radius 1 is 0.571 bits per heavy atom. The lowest BCUT2D eigenvalue weighted by Crippen LogP contribution is -2.32. The summed E-state index contributed by atoms with van der Waals surface area (Å²) in [6, 6.07) is 22.1. The largest absolute Gasteiger partial charge is 0.443 e. The second kappa shape index (κ2) is 20.2. The highest BCUT2D eigenvalue weighted by atomic mass is 35.5. The standard InChI is InChI=1S/C55H68Cl2N8O5/c1-54(2,3)69-52(67)64-43-19-13-33(31-62(11)23-21-60(7)8)25-35(43)27-45(64)37-15-17-41(56)39-29-58-49(47(37)39)51(66)50-48-38(16-18-42(57)40(48)30-59-50)46-28-36-26-34(32-63(12)24-22-61(9)10)14-20-44(36)65(46)53(68)70-55(4,5)6/h13-20,25-28,49-50,58-59H,21-24,29-32H2,1-12H3. The number of benzene rings is 4. The average molecular weight is 992 g/mol. The van der Waals surface area contributed by atoms with E-state index in [1.165, 1.54) is 0 Å². The fourth-order valence-electron chi connectivity index (χ4n) is 9.66. The van der Waals surface area contributed by atoms with Crippen molar-refractivity contribution >= 4 is 63.0 Å². The van der Waals surface area contributed by atoms with Gasteiger partial charge in [0.1, 0.15) is 11.2 Å². The van der Waals surface area contributed by atoms with Gasteiger partial charge in [-0.1, -0.05) is 47.5 Å². The minimum atomic E-state index is -0.839. The molecule has 0 fully saturated rings. The monoisotopic (exact) mass is 990 g/mol. The van der Waals surface area contributed by atoms with Gasteiger partial charge in [-0.25, -0.2) is 18.7 Å². The lowest BCUT2D eigenvalue weighted by atomic mass is 9.87. The third-order valence-electron chi connectivity index (χ3n) is 12.9. The molecule has 2 aliphatic heterocycles. The van der Waals surface area contributed by atoms with Gasteiger partial charge < -0.3 is 29.1 Å². The first kappa shape index (κ1) is 51.3. The van der Waals surface area contributed by atoms with Gasteiger partial charge in [-0.15, -0.1) is 0 Å². The molecule has 0 spiro atoms. The summed E-state index contributed by atoms with van der Waals surface area (Å²) in [7, 11) is 12.5. The number of carbonyl (C=O) groups is 3. The highest BCUT2D eigenvalue weighted by Gasteiger charge is 2.42. The van der Waals surface area contributed by atoms with E-state index in [2.05, 4.69) is 96.8 Å². The Balaban J connectivity index is 1.22. The maximum Gasteiger partial charge on any atom is 0.419 e. The number of carbonyl (C=O) groups excluding carboxylic acids is 3. The molecule has 372 valence electrons. The van der Waals surface area contributed by atoms with Gasteiger partial charge in [0.25, 0.3) is 0 Å². The summed E-state index contributed by atoms with van der Waals surface area (Å²) in [5.74, 6) is -0.157. The van der Waals surface area contributed by atoms with E-state index < -0.39 is 35.5 Å². The van der Waals surface area contributed by atoms with Gasteiger partial charge in [0.15, 0.2) is 5.78 Å². The minimum absolute atomic E-state index is 0.157. The molecule has 2 N–H and O–H groups in total. The van der Waals surface area contributed by atoms with Crippen molar-refractivity contribution in [1.82, 2.24) is 39.4 Å². The van der Waals surface area contributed by atoms with Crippen molar-refractivity contribution in [1.29, 1.82) is 0 Å². The van der Waals surface area contributed by atoms with Crippen LogP contribution in [-0.2, 0) is 40.4 Å². The Hall–Kier alpha value is -5.09. The van der Waals surface area contributed by atoms with Crippen molar-refractivity contribution in [3.05, 3.63) is 116 Å². The number of likely N-dealkylation sites (N-methyl/N-ethyl adjacent to an activating group) is 4. The molecule has 70 heavy (non-hydrogen) atoms. The summed E-state index contributed by atoms with van der Waals surface area (Å²) >= 11 is 14.0. The molecule has 0 saturated carbocycles. The van der Waals surface area contributed by atoms with E-state index >= 15 is 4.79 Å². The van der Waals surface area contributed by atoms with Crippen LogP contribution < -0.4 is 10.6 Å². The smallest absolute Gasteiger partial charge is 0.419 e. The van der Waals surface area contributed by atoms with Gasteiger partial charge in [-0.05, 0) is 166 Å². The Bertz CT molecular complexity index is 2780. The number of aromatic nitrogens is 2. The van der Waals surface area contributed by atoms with Crippen LogP contribution in [0, 0.1) is 0 Å². The molecule has 2 atom stereocenters. The van der Waals surface area contributed by atoms with Crippen molar-refractivity contribution in [2.24, 2.45) is 0 Å². The third kappa shape index (κ3) is 10.9. The molecule has 0 saturated heterocycles. The van der Waals surface area contributed by atoms with Gasteiger partial charge in [-0.3, -0.25) is 15.4 Å². The zero-order valence-electron chi connectivity index (χ0n) is 42.7.